The Morgan fingerprint density at radius 3 is 2.53 bits per heavy atom. The van der Waals surface area contributed by atoms with Gasteiger partial charge in [-0.3, -0.25) is 9.59 Å². The van der Waals surface area contributed by atoms with Gasteiger partial charge in [0.05, 0.1) is 4.88 Å². The molecule has 2 N–H and O–H groups in total. The number of rotatable bonds is 6. The zero-order valence-electron chi connectivity index (χ0n) is 18.1. The molecule has 0 aliphatic heterocycles. The van der Waals surface area contributed by atoms with Gasteiger partial charge < -0.3 is 10.6 Å². The second kappa shape index (κ2) is 8.62. The fraction of sp³-hybridized carbons (Fsp3) is 0.360. The van der Waals surface area contributed by atoms with Gasteiger partial charge in [0.15, 0.2) is 5.13 Å². The van der Waals surface area contributed by atoms with E-state index >= 15 is 4.39 Å². The van der Waals surface area contributed by atoms with E-state index in [0.717, 1.165) is 16.9 Å². The quantitative estimate of drug-likeness (QED) is 0.620. The molecule has 2 aliphatic carbocycles. The lowest BCUT2D eigenvalue weighted by Gasteiger charge is -2.41. The van der Waals surface area contributed by atoms with E-state index in [1.165, 1.54) is 17.0 Å². The van der Waals surface area contributed by atoms with Gasteiger partial charge in [-0.25, -0.2) is 4.39 Å². The normalized spacial score (nSPS) is 25.5. The number of carbonyl (C=O) groups excluding carboxylic acids is 2. The number of nitrogens with two attached hydrogens (primary N) is 1. The van der Waals surface area contributed by atoms with Crippen LogP contribution >= 0.6 is 11.3 Å². The average Bonchev–Trinajstić information content (AvgIpc) is 3.36. The van der Waals surface area contributed by atoms with E-state index in [4.69, 9.17) is 5.73 Å². The third-order valence-corrected chi connectivity index (χ3v) is 7.67. The second-order valence-corrected chi connectivity index (χ2v) is 9.70. The maximum Gasteiger partial charge on any atom is 0.265 e. The number of primary amides is 1. The highest BCUT2D eigenvalue weighted by atomic mass is 32.1. The highest BCUT2D eigenvalue weighted by Gasteiger charge is 2.53. The number of carbonyl (C=O) groups is 2. The van der Waals surface area contributed by atoms with Gasteiger partial charge in [-0.1, -0.05) is 50.3 Å². The van der Waals surface area contributed by atoms with Gasteiger partial charge in [-0.05, 0) is 48.6 Å². The van der Waals surface area contributed by atoms with Crippen molar-refractivity contribution in [2.24, 2.45) is 17.1 Å². The van der Waals surface area contributed by atoms with Crippen molar-refractivity contribution in [1.29, 1.82) is 0 Å². The van der Waals surface area contributed by atoms with Crippen molar-refractivity contribution in [3.63, 3.8) is 0 Å². The molecule has 0 spiro atoms. The highest BCUT2D eigenvalue weighted by Crippen LogP contribution is 2.55. The average molecular weight is 457 g/mol. The summed E-state index contributed by atoms with van der Waals surface area (Å²) in [7, 11) is 0. The molecular formula is C25H26F2N2O2S. The summed E-state index contributed by atoms with van der Waals surface area (Å²) in [5, 5.41) is -0.486. The van der Waals surface area contributed by atoms with Gasteiger partial charge in [-0.2, -0.15) is 4.39 Å². The summed E-state index contributed by atoms with van der Waals surface area (Å²) >= 11 is 0.730. The summed E-state index contributed by atoms with van der Waals surface area (Å²) in [5.41, 5.74) is 6.51. The summed E-state index contributed by atoms with van der Waals surface area (Å²) in [4.78, 5) is 28.1. The maximum absolute atomic E-state index is 15.2. The van der Waals surface area contributed by atoms with Crippen molar-refractivity contribution < 1.29 is 18.4 Å². The number of fused-ring (bicyclic) bond motifs is 1. The fourth-order valence-corrected chi connectivity index (χ4v) is 5.72. The van der Waals surface area contributed by atoms with Gasteiger partial charge in [0.2, 0.25) is 5.91 Å². The Balaban J connectivity index is 1.84. The van der Waals surface area contributed by atoms with Gasteiger partial charge in [0.25, 0.3) is 5.91 Å². The molecular weight excluding hydrogens is 430 g/mol. The number of thiophene rings is 1. The monoisotopic (exact) mass is 456 g/mol. The first-order valence-electron chi connectivity index (χ1n) is 10.8. The lowest BCUT2D eigenvalue weighted by Crippen LogP contribution is -2.50. The molecule has 1 aromatic carbocycles. The molecule has 1 heterocycles. The van der Waals surface area contributed by atoms with E-state index in [-0.39, 0.29) is 16.6 Å². The lowest BCUT2D eigenvalue weighted by atomic mass is 9.72. The van der Waals surface area contributed by atoms with E-state index in [2.05, 4.69) is 0 Å². The Labute approximate surface area is 190 Å². The van der Waals surface area contributed by atoms with Crippen molar-refractivity contribution in [1.82, 2.24) is 4.90 Å². The van der Waals surface area contributed by atoms with Crippen molar-refractivity contribution in [3.05, 3.63) is 81.6 Å². The predicted octanol–water partition coefficient (Wildman–Crippen LogP) is 5.54. The Morgan fingerprint density at radius 2 is 1.94 bits per heavy atom. The van der Waals surface area contributed by atoms with Crippen LogP contribution in [0.4, 0.5) is 8.78 Å². The summed E-state index contributed by atoms with van der Waals surface area (Å²) in [6, 6.07) is 9.99. The predicted molar refractivity (Wildman–Crippen MR) is 121 cm³/mol. The fourth-order valence-electron chi connectivity index (χ4n) is 5.04. The van der Waals surface area contributed by atoms with Crippen molar-refractivity contribution in [3.8, 4) is 0 Å². The van der Waals surface area contributed by atoms with Gasteiger partial charge >= 0.3 is 0 Å². The molecule has 2 amide bonds. The molecule has 4 atom stereocenters. The van der Waals surface area contributed by atoms with Gasteiger partial charge in [-0.15, -0.1) is 11.3 Å². The number of benzene rings is 1. The second-order valence-electron chi connectivity index (χ2n) is 8.67. The van der Waals surface area contributed by atoms with Crippen LogP contribution < -0.4 is 5.73 Å². The number of hydrogen-bond acceptors (Lipinski definition) is 3. The van der Waals surface area contributed by atoms with E-state index in [9.17, 15) is 14.0 Å². The lowest BCUT2D eigenvalue weighted by molar-refractivity contribution is -0.123. The van der Waals surface area contributed by atoms with Crippen molar-refractivity contribution in [2.75, 3.05) is 0 Å². The molecule has 0 radical (unpaired) electrons. The minimum absolute atomic E-state index is 0.185. The van der Waals surface area contributed by atoms with Crippen molar-refractivity contribution in [2.45, 2.75) is 45.2 Å². The molecule has 0 bridgehead atoms. The number of nitrogens with zero attached hydrogens (tertiary/aromatic N) is 1. The minimum atomic E-state index is -1.05. The highest BCUT2D eigenvalue weighted by molar-refractivity contribution is 7.12. The topological polar surface area (TPSA) is 63.4 Å². The number of amides is 2. The SMILES string of the molecule is CCC1=CC2[C@H](N(C(=O)c3ccc(F)s3)[C@H](C(N)=O)c3ccccc3)CCC2(C)C(F)=C1. The largest absolute Gasteiger partial charge is 0.368 e. The zero-order valence-corrected chi connectivity index (χ0v) is 18.9. The molecule has 168 valence electrons. The van der Waals surface area contributed by atoms with Crippen LogP contribution in [0.5, 0.6) is 0 Å². The summed E-state index contributed by atoms with van der Waals surface area (Å²) in [5.74, 6) is -1.67. The van der Waals surface area contributed by atoms with Gasteiger partial charge in [0.1, 0.15) is 11.9 Å². The Morgan fingerprint density at radius 1 is 1.22 bits per heavy atom. The number of hydrogen-bond donors (Lipinski definition) is 1. The third kappa shape index (κ3) is 3.79. The summed E-state index contributed by atoms with van der Waals surface area (Å²) in [6.07, 6.45) is 5.31. The van der Waals surface area contributed by atoms with Crippen LogP contribution in [0.15, 0.2) is 66.0 Å². The smallest absolute Gasteiger partial charge is 0.265 e. The number of allylic oxidation sites excluding steroid dienone is 3. The van der Waals surface area contributed by atoms with Crippen LogP contribution in [-0.2, 0) is 4.79 Å². The summed E-state index contributed by atoms with van der Waals surface area (Å²) in [6.45, 7) is 3.82. The van der Waals surface area contributed by atoms with Gasteiger partial charge in [0, 0.05) is 17.4 Å². The van der Waals surface area contributed by atoms with Crippen LogP contribution in [0, 0.1) is 16.5 Å². The molecule has 1 saturated carbocycles. The van der Waals surface area contributed by atoms with Crippen LogP contribution in [-0.4, -0.2) is 22.8 Å². The molecule has 1 aromatic heterocycles. The standard InChI is InChI=1S/C25H26F2N2O2S/c1-3-15-13-17-18(11-12-25(17,2)20(26)14-15)29(24(31)19-9-10-21(27)32-19)22(23(28)30)16-7-5-4-6-8-16/h4-10,13-14,17-18,22H,3,11-12H2,1-2H3,(H2,28,30)/t17?,18-,22+,25?/m1/s1. The maximum atomic E-state index is 15.2. The Kier molecular flexibility index (Phi) is 6.03. The first-order valence-corrected chi connectivity index (χ1v) is 11.6. The van der Waals surface area contributed by atoms with Crippen LogP contribution in [0.2, 0.25) is 0 Å². The van der Waals surface area contributed by atoms with E-state index in [0.29, 0.717) is 24.8 Å². The van der Waals surface area contributed by atoms with E-state index in [1.54, 1.807) is 30.3 Å². The number of halogens is 2. The van der Waals surface area contributed by atoms with Crippen LogP contribution in [0.3, 0.4) is 0 Å². The Hall–Kier alpha value is -2.80. The molecule has 0 saturated heterocycles. The molecule has 7 heteroatoms. The Bertz CT molecular complexity index is 1090. The van der Waals surface area contributed by atoms with Crippen LogP contribution in [0.25, 0.3) is 0 Å². The molecule has 4 rings (SSSR count). The molecule has 4 nitrogen and oxygen atoms in total. The molecule has 32 heavy (non-hydrogen) atoms. The summed E-state index contributed by atoms with van der Waals surface area (Å²) < 4.78 is 29.0. The molecule has 2 aromatic rings. The van der Waals surface area contributed by atoms with Crippen molar-refractivity contribution >= 4 is 23.2 Å². The molecule has 1 fully saturated rings. The van der Waals surface area contributed by atoms with Crippen LogP contribution in [0.1, 0.15) is 54.4 Å². The third-order valence-electron chi connectivity index (χ3n) is 6.81. The molecule has 2 aliphatic rings. The first-order chi connectivity index (χ1) is 15.3. The van der Waals surface area contributed by atoms with E-state index < -0.39 is 34.4 Å². The molecule has 2 unspecified atom stereocenters. The zero-order chi connectivity index (χ0) is 23.0. The first kappa shape index (κ1) is 22.4. The minimum Gasteiger partial charge on any atom is -0.368 e. The van der Waals surface area contributed by atoms with E-state index in [1.807, 2.05) is 26.0 Å².